The number of carbonyl (C=O) groups excluding carboxylic acids is 1. The molecule has 0 aliphatic carbocycles. The molecule has 0 N–H and O–H groups in total. The number of carbonyl (C=O) groups is 1. The van der Waals surface area contributed by atoms with E-state index in [-0.39, 0.29) is 6.03 Å². The zero-order valence-corrected chi connectivity index (χ0v) is 19.1. The smallest absolute Gasteiger partial charge is 0.324 e. The van der Waals surface area contributed by atoms with Crippen molar-refractivity contribution in [3.8, 4) is 23.3 Å². The van der Waals surface area contributed by atoms with Crippen LogP contribution in [0.4, 0.5) is 10.5 Å². The van der Waals surface area contributed by atoms with Crippen molar-refractivity contribution in [3.63, 3.8) is 0 Å². The quantitative estimate of drug-likeness (QED) is 0.490. The third-order valence-electron chi connectivity index (χ3n) is 5.55. The highest BCUT2D eigenvalue weighted by atomic mass is 16.5. The normalized spacial score (nSPS) is 13.6. The Kier molecular flexibility index (Phi) is 8.20. The van der Waals surface area contributed by atoms with Crippen molar-refractivity contribution in [1.82, 2.24) is 4.90 Å². The molecule has 1 fully saturated rings. The van der Waals surface area contributed by atoms with E-state index in [1.165, 1.54) is 0 Å². The number of rotatable bonds is 10. The fraction of sp³-hybridized carbons (Fsp3) is 0.440. The average Bonchev–Trinajstić information content (AvgIpc) is 2.83. The lowest BCUT2D eigenvalue weighted by Crippen LogP contribution is -2.49. The monoisotopic (exact) mass is 437 g/mol. The predicted molar refractivity (Wildman–Crippen MR) is 123 cm³/mol. The summed E-state index contributed by atoms with van der Waals surface area (Å²) in [5, 5.41) is 9.12. The molecule has 32 heavy (non-hydrogen) atoms. The molecule has 2 aromatic carbocycles. The topological polar surface area (TPSA) is 75.0 Å². The molecule has 2 amide bonds. The molecule has 7 heteroatoms. The van der Waals surface area contributed by atoms with Crippen molar-refractivity contribution in [2.75, 3.05) is 38.8 Å². The Morgan fingerprint density at radius 1 is 1.00 bits per heavy atom. The first-order chi connectivity index (χ1) is 15.6. The van der Waals surface area contributed by atoms with Gasteiger partial charge in [0.2, 0.25) is 0 Å². The molecule has 0 radical (unpaired) electrons. The third kappa shape index (κ3) is 5.44. The average molecular weight is 438 g/mol. The van der Waals surface area contributed by atoms with E-state index in [4.69, 9.17) is 19.5 Å². The Bertz CT molecular complexity index is 970. The molecule has 0 aromatic heterocycles. The molecule has 1 aliphatic rings. The van der Waals surface area contributed by atoms with Crippen molar-refractivity contribution in [3.05, 3.63) is 47.5 Å². The standard InChI is InChI=1S/C25H31N3O4/c1-4-5-6-14-32-24-16-21(10-11-22(24)30-2)28-13-7-12-27(25(28)29)18-20-9-8-19(17-26)15-23(20)31-3/h8-11,15-16H,4-7,12-14,18H2,1-3H3. The molecule has 0 unspecified atom stereocenters. The van der Waals surface area contributed by atoms with Crippen molar-refractivity contribution >= 4 is 11.7 Å². The van der Waals surface area contributed by atoms with Crippen LogP contribution in [0.1, 0.15) is 43.7 Å². The molecule has 1 aliphatic heterocycles. The van der Waals surface area contributed by atoms with E-state index in [0.29, 0.717) is 49.1 Å². The first-order valence-corrected chi connectivity index (χ1v) is 11.1. The molecular weight excluding hydrogens is 406 g/mol. The SMILES string of the molecule is CCCCCOc1cc(N2CCCN(Cc3ccc(C#N)cc3OC)C2=O)ccc1OC. The maximum absolute atomic E-state index is 13.3. The third-order valence-corrected chi connectivity index (χ3v) is 5.55. The van der Waals surface area contributed by atoms with Crippen LogP contribution in [0.3, 0.4) is 0 Å². The van der Waals surface area contributed by atoms with Gasteiger partial charge < -0.3 is 19.1 Å². The minimum absolute atomic E-state index is 0.0650. The van der Waals surface area contributed by atoms with Crippen LogP contribution >= 0.6 is 0 Å². The summed E-state index contributed by atoms with van der Waals surface area (Å²) in [5.41, 5.74) is 2.19. The van der Waals surface area contributed by atoms with Gasteiger partial charge in [-0.2, -0.15) is 5.26 Å². The molecule has 3 rings (SSSR count). The van der Waals surface area contributed by atoms with E-state index in [9.17, 15) is 4.79 Å². The molecule has 7 nitrogen and oxygen atoms in total. The Hall–Kier alpha value is -3.40. The summed E-state index contributed by atoms with van der Waals surface area (Å²) in [4.78, 5) is 16.9. The molecule has 2 aromatic rings. The van der Waals surface area contributed by atoms with Crippen LogP contribution in [0.5, 0.6) is 17.2 Å². The second kappa shape index (κ2) is 11.3. The van der Waals surface area contributed by atoms with Gasteiger partial charge in [0.25, 0.3) is 0 Å². The van der Waals surface area contributed by atoms with Crippen LogP contribution in [0.25, 0.3) is 0 Å². The van der Waals surface area contributed by atoms with Crippen LogP contribution < -0.4 is 19.1 Å². The van der Waals surface area contributed by atoms with E-state index in [1.54, 1.807) is 36.2 Å². The summed E-state index contributed by atoms with van der Waals surface area (Å²) < 4.78 is 16.8. The number of nitrogens with zero attached hydrogens (tertiary/aromatic N) is 3. The van der Waals surface area contributed by atoms with Gasteiger partial charge in [-0.1, -0.05) is 25.8 Å². The number of ether oxygens (including phenoxy) is 3. The van der Waals surface area contributed by atoms with Gasteiger partial charge in [0, 0.05) is 30.4 Å². The van der Waals surface area contributed by atoms with Gasteiger partial charge in [-0.25, -0.2) is 4.79 Å². The number of amides is 2. The van der Waals surface area contributed by atoms with Crippen LogP contribution in [0, 0.1) is 11.3 Å². The number of anilines is 1. The molecule has 0 saturated carbocycles. The van der Waals surface area contributed by atoms with Gasteiger partial charge in [-0.05, 0) is 37.1 Å². The Balaban J connectivity index is 1.77. The van der Waals surface area contributed by atoms with Gasteiger partial charge in [-0.15, -0.1) is 0 Å². The van der Waals surface area contributed by atoms with E-state index in [1.807, 2.05) is 24.3 Å². The number of nitriles is 1. The van der Waals surface area contributed by atoms with Gasteiger partial charge in [0.15, 0.2) is 11.5 Å². The van der Waals surface area contributed by atoms with Crippen molar-refractivity contribution in [2.45, 2.75) is 39.2 Å². The molecule has 170 valence electrons. The van der Waals surface area contributed by atoms with E-state index < -0.39 is 0 Å². The zero-order chi connectivity index (χ0) is 22.9. The lowest BCUT2D eigenvalue weighted by atomic mass is 10.1. The highest BCUT2D eigenvalue weighted by Crippen LogP contribution is 2.34. The number of urea groups is 1. The van der Waals surface area contributed by atoms with E-state index >= 15 is 0 Å². The summed E-state index contributed by atoms with van der Waals surface area (Å²) >= 11 is 0. The van der Waals surface area contributed by atoms with Crippen LogP contribution in [0.15, 0.2) is 36.4 Å². The lowest BCUT2D eigenvalue weighted by Gasteiger charge is -2.36. The summed E-state index contributed by atoms with van der Waals surface area (Å²) in [7, 11) is 3.19. The zero-order valence-electron chi connectivity index (χ0n) is 19.1. The molecular formula is C25H31N3O4. The minimum atomic E-state index is -0.0650. The maximum Gasteiger partial charge on any atom is 0.324 e. The number of benzene rings is 2. The van der Waals surface area contributed by atoms with Crippen LogP contribution in [-0.2, 0) is 6.54 Å². The number of hydrogen-bond acceptors (Lipinski definition) is 5. The second-order valence-electron chi connectivity index (χ2n) is 7.74. The Morgan fingerprint density at radius 3 is 2.53 bits per heavy atom. The van der Waals surface area contributed by atoms with Gasteiger partial charge in [-0.3, -0.25) is 4.90 Å². The largest absolute Gasteiger partial charge is 0.496 e. The van der Waals surface area contributed by atoms with Gasteiger partial charge in [0.1, 0.15) is 5.75 Å². The molecule has 0 bridgehead atoms. The number of methoxy groups -OCH3 is 2. The summed E-state index contributed by atoms with van der Waals surface area (Å²) in [6, 6.07) is 13.0. The molecule has 0 atom stereocenters. The first-order valence-electron chi connectivity index (χ1n) is 11.1. The number of hydrogen-bond donors (Lipinski definition) is 0. The molecule has 1 heterocycles. The highest BCUT2D eigenvalue weighted by Gasteiger charge is 2.28. The lowest BCUT2D eigenvalue weighted by molar-refractivity contribution is 0.191. The van der Waals surface area contributed by atoms with Crippen molar-refractivity contribution < 1.29 is 19.0 Å². The Labute approximate surface area is 190 Å². The highest BCUT2D eigenvalue weighted by molar-refractivity contribution is 5.93. The van der Waals surface area contributed by atoms with Crippen molar-refractivity contribution in [1.29, 1.82) is 5.26 Å². The van der Waals surface area contributed by atoms with Gasteiger partial charge in [0.05, 0.1) is 39.0 Å². The predicted octanol–water partition coefficient (Wildman–Crippen LogP) is 4.98. The minimum Gasteiger partial charge on any atom is -0.496 e. The van der Waals surface area contributed by atoms with E-state index in [2.05, 4.69) is 13.0 Å². The maximum atomic E-state index is 13.3. The summed E-state index contributed by atoms with van der Waals surface area (Å²) in [5.74, 6) is 1.93. The molecule has 0 spiro atoms. The summed E-state index contributed by atoms with van der Waals surface area (Å²) in [6.45, 7) is 4.49. The summed E-state index contributed by atoms with van der Waals surface area (Å²) in [6.07, 6.45) is 4.07. The Morgan fingerprint density at radius 2 is 1.81 bits per heavy atom. The van der Waals surface area contributed by atoms with Gasteiger partial charge >= 0.3 is 6.03 Å². The van der Waals surface area contributed by atoms with Crippen molar-refractivity contribution in [2.24, 2.45) is 0 Å². The molecule has 1 saturated heterocycles. The van der Waals surface area contributed by atoms with E-state index in [0.717, 1.165) is 36.9 Å². The fourth-order valence-electron chi connectivity index (χ4n) is 3.80. The second-order valence-corrected chi connectivity index (χ2v) is 7.74. The van der Waals surface area contributed by atoms with Crippen LogP contribution in [-0.4, -0.2) is 44.8 Å². The van der Waals surface area contributed by atoms with Crippen LogP contribution in [0.2, 0.25) is 0 Å². The first kappa shape index (κ1) is 23.3. The fourth-order valence-corrected chi connectivity index (χ4v) is 3.80. The number of unbranched alkanes of at least 4 members (excludes halogenated alkanes) is 2.